The van der Waals surface area contributed by atoms with E-state index in [4.69, 9.17) is 16.3 Å². The first-order chi connectivity index (χ1) is 15.0. The Morgan fingerprint density at radius 3 is 2.58 bits per heavy atom. The van der Waals surface area contributed by atoms with Gasteiger partial charge in [0.25, 0.3) is 11.1 Å². The maximum absolute atomic E-state index is 12.6. The van der Waals surface area contributed by atoms with Gasteiger partial charge in [0.05, 0.1) is 18.1 Å². The maximum atomic E-state index is 12.6. The van der Waals surface area contributed by atoms with Crippen molar-refractivity contribution in [1.82, 2.24) is 4.90 Å². The van der Waals surface area contributed by atoms with Gasteiger partial charge in [0.15, 0.2) is 0 Å². The summed E-state index contributed by atoms with van der Waals surface area (Å²) in [7, 11) is 0. The molecule has 0 atom stereocenters. The summed E-state index contributed by atoms with van der Waals surface area (Å²) in [4.78, 5) is 40.7. The number of carbonyl (C=O) groups excluding carboxylic acids is 3. The number of ether oxygens (including phenoxy) is 1. The normalized spacial score (nSPS) is 18.0. The van der Waals surface area contributed by atoms with E-state index in [9.17, 15) is 14.4 Å². The highest BCUT2D eigenvalue weighted by Gasteiger charge is 2.36. The topological polar surface area (TPSA) is 79.0 Å². The van der Waals surface area contributed by atoms with E-state index >= 15 is 0 Å². The van der Waals surface area contributed by atoms with Gasteiger partial charge in [0.1, 0.15) is 6.54 Å². The number of nitrogens with zero attached hydrogens (tertiary/aromatic N) is 2. The van der Waals surface area contributed by atoms with Crippen LogP contribution in [0.5, 0.6) is 0 Å². The van der Waals surface area contributed by atoms with Gasteiger partial charge in [0.2, 0.25) is 5.91 Å². The largest absolute Gasteiger partial charge is 0.378 e. The summed E-state index contributed by atoms with van der Waals surface area (Å²) in [6.07, 6.45) is 1.60. The van der Waals surface area contributed by atoms with Crippen molar-refractivity contribution in [3.63, 3.8) is 0 Å². The number of imide groups is 1. The number of carbonyl (C=O) groups is 3. The van der Waals surface area contributed by atoms with Gasteiger partial charge in [-0.1, -0.05) is 23.7 Å². The molecule has 2 fully saturated rings. The fourth-order valence-corrected chi connectivity index (χ4v) is 4.34. The molecule has 2 heterocycles. The monoisotopic (exact) mass is 457 g/mol. The number of rotatable bonds is 5. The van der Waals surface area contributed by atoms with E-state index < -0.39 is 17.1 Å². The van der Waals surface area contributed by atoms with Crippen LogP contribution in [0.1, 0.15) is 5.56 Å². The van der Waals surface area contributed by atoms with E-state index in [0.717, 1.165) is 35.4 Å². The zero-order valence-electron chi connectivity index (χ0n) is 16.5. The van der Waals surface area contributed by atoms with Crippen LogP contribution in [-0.4, -0.2) is 54.8 Å². The lowest BCUT2D eigenvalue weighted by Crippen LogP contribution is -2.36. The minimum atomic E-state index is -0.493. The summed E-state index contributed by atoms with van der Waals surface area (Å²) in [5, 5.41) is 2.80. The van der Waals surface area contributed by atoms with Crippen molar-refractivity contribution in [3.05, 3.63) is 64.0 Å². The van der Waals surface area contributed by atoms with Gasteiger partial charge in [-0.2, -0.15) is 0 Å². The lowest BCUT2D eigenvalue weighted by atomic mass is 10.2. The summed E-state index contributed by atoms with van der Waals surface area (Å²) < 4.78 is 5.35. The molecule has 2 saturated heterocycles. The number of benzene rings is 2. The van der Waals surface area contributed by atoms with Gasteiger partial charge < -0.3 is 15.0 Å². The Kier molecular flexibility index (Phi) is 6.60. The highest BCUT2D eigenvalue weighted by Crippen LogP contribution is 2.32. The molecular weight excluding hydrogens is 438 g/mol. The van der Waals surface area contributed by atoms with Crippen molar-refractivity contribution in [2.75, 3.05) is 43.1 Å². The van der Waals surface area contributed by atoms with Crippen LogP contribution in [-0.2, 0) is 14.3 Å². The highest BCUT2D eigenvalue weighted by atomic mass is 35.5. The predicted molar refractivity (Wildman–Crippen MR) is 122 cm³/mol. The zero-order chi connectivity index (χ0) is 21.8. The minimum absolute atomic E-state index is 0.259. The Morgan fingerprint density at radius 2 is 1.87 bits per heavy atom. The average molecular weight is 458 g/mol. The second-order valence-corrected chi connectivity index (χ2v) is 8.45. The van der Waals surface area contributed by atoms with Crippen LogP contribution >= 0.6 is 23.4 Å². The van der Waals surface area contributed by atoms with E-state index in [2.05, 4.69) is 10.2 Å². The van der Waals surface area contributed by atoms with Crippen molar-refractivity contribution < 1.29 is 19.1 Å². The molecule has 0 spiro atoms. The van der Waals surface area contributed by atoms with Crippen LogP contribution in [0.25, 0.3) is 6.08 Å². The molecule has 4 rings (SSSR count). The molecule has 0 aliphatic carbocycles. The molecule has 31 heavy (non-hydrogen) atoms. The van der Waals surface area contributed by atoms with Crippen molar-refractivity contribution in [2.45, 2.75) is 0 Å². The molecule has 0 aromatic heterocycles. The molecule has 7 nitrogen and oxygen atoms in total. The number of hydrogen-bond donors (Lipinski definition) is 1. The Bertz CT molecular complexity index is 1040. The summed E-state index contributed by atoms with van der Waals surface area (Å²) >= 11 is 6.77. The zero-order valence-corrected chi connectivity index (χ0v) is 18.1. The first-order valence-corrected chi connectivity index (χ1v) is 10.9. The Balaban J connectivity index is 1.37. The molecule has 2 aliphatic heterocycles. The maximum Gasteiger partial charge on any atom is 0.294 e. The third kappa shape index (κ3) is 5.28. The SMILES string of the molecule is O=C(CN1C(=O)S/C(=C/c2cccc(Cl)c2)C1=O)Nc1ccc(N2CCOCC2)cc1. The van der Waals surface area contributed by atoms with Crippen molar-refractivity contribution in [3.8, 4) is 0 Å². The number of anilines is 2. The van der Waals surface area contributed by atoms with Crippen molar-refractivity contribution in [1.29, 1.82) is 0 Å². The fourth-order valence-electron chi connectivity index (χ4n) is 3.31. The van der Waals surface area contributed by atoms with E-state index in [1.807, 2.05) is 12.1 Å². The number of nitrogens with one attached hydrogen (secondary N) is 1. The van der Waals surface area contributed by atoms with E-state index in [1.165, 1.54) is 0 Å². The summed E-state index contributed by atoms with van der Waals surface area (Å²) in [6, 6.07) is 14.4. The molecule has 2 aromatic carbocycles. The number of thioether (sulfide) groups is 1. The number of morpholine rings is 1. The number of hydrogen-bond acceptors (Lipinski definition) is 6. The van der Waals surface area contributed by atoms with Gasteiger partial charge in [-0.05, 0) is 59.8 Å². The van der Waals surface area contributed by atoms with Crippen LogP contribution < -0.4 is 10.2 Å². The van der Waals surface area contributed by atoms with Crippen molar-refractivity contribution >= 4 is 57.9 Å². The Labute approximate surface area is 189 Å². The third-order valence-electron chi connectivity index (χ3n) is 4.85. The second-order valence-electron chi connectivity index (χ2n) is 7.02. The molecule has 9 heteroatoms. The Hall–Kier alpha value is -2.81. The lowest BCUT2D eigenvalue weighted by molar-refractivity contribution is -0.127. The van der Waals surface area contributed by atoms with E-state index in [0.29, 0.717) is 29.5 Å². The molecule has 2 aliphatic rings. The molecular formula is C22H20ClN3O4S. The fraction of sp³-hybridized carbons (Fsp3) is 0.227. The quantitative estimate of drug-likeness (QED) is 0.687. The molecule has 0 radical (unpaired) electrons. The van der Waals surface area contributed by atoms with Crippen LogP contribution in [0.4, 0.5) is 16.2 Å². The number of halogens is 1. The molecule has 2 aromatic rings. The smallest absolute Gasteiger partial charge is 0.294 e. The summed E-state index contributed by atoms with van der Waals surface area (Å²) in [5.41, 5.74) is 2.37. The predicted octanol–water partition coefficient (Wildman–Crippen LogP) is 3.85. The average Bonchev–Trinajstić information content (AvgIpc) is 3.02. The third-order valence-corrected chi connectivity index (χ3v) is 5.99. The van der Waals surface area contributed by atoms with Gasteiger partial charge in [0, 0.05) is 29.5 Å². The van der Waals surface area contributed by atoms with Gasteiger partial charge in [-0.3, -0.25) is 19.3 Å². The summed E-state index contributed by atoms with van der Waals surface area (Å²) in [6.45, 7) is 2.70. The molecule has 1 N–H and O–H groups in total. The molecule has 0 bridgehead atoms. The van der Waals surface area contributed by atoms with Crippen LogP contribution in [0.15, 0.2) is 53.4 Å². The minimum Gasteiger partial charge on any atom is -0.378 e. The highest BCUT2D eigenvalue weighted by molar-refractivity contribution is 8.18. The molecule has 160 valence electrons. The van der Waals surface area contributed by atoms with Gasteiger partial charge in [-0.25, -0.2) is 0 Å². The van der Waals surface area contributed by atoms with Crippen molar-refractivity contribution in [2.24, 2.45) is 0 Å². The Morgan fingerprint density at radius 1 is 1.13 bits per heavy atom. The molecule has 0 unspecified atom stereocenters. The summed E-state index contributed by atoms with van der Waals surface area (Å²) in [5.74, 6) is -0.932. The standard InChI is InChI=1S/C22H20ClN3O4S/c23-16-3-1-2-15(12-16)13-19-21(28)26(22(29)31-19)14-20(27)24-17-4-6-18(7-5-17)25-8-10-30-11-9-25/h1-7,12-13H,8-11,14H2,(H,24,27)/b19-13+. The van der Waals surface area contributed by atoms with E-state index in [-0.39, 0.29) is 11.4 Å². The van der Waals surface area contributed by atoms with Gasteiger partial charge in [-0.15, -0.1) is 0 Å². The second kappa shape index (κ2) is 9.55. The number of amides is 3. The van der Waals surface area contributed by atoms with Crippen LogP contribution in [0, 0.1) is 0 Å². The molecule has 3 amide bonds. The first-order valence-electron chi connectivity index (χ1n) is 9.73. The molecule has 0 saturated carbocycles. The van der Waals surface area contributed by atoms with Crippen LogP contribution in [0.3, 0.4) is 0 Å². The van der Waals surface area contributed by atoms with Crippen LogP contribution in [0.2, 0.25) is 5.02 Å². The van der Waals surface area contributed by atoms with E-state index in [1.54, 1.807) is 42.5 Å². The lowest BCUT2D eigenvalue weighted by Gasteiger charge is -2.28. The first kappa shape index (κ1) is 21.4. The van der Waals surface area contributed by atoms with Gasteiger partial charge >= 0.3 is 0 Å².